The van der Waals surface area contributed by atoms with Gasteiger partial charge in [0.2, 0.25) is 0 Å². The highest BCUT2D eigenvalue weighted by Crippen LogP contribution is 2.21. The van der Waals surface area contributed by atoms with E-state index >= 15 is 0 Å². The number of H-pyrrole nitrogens is 1. The Labute approximate surface area is 101 Å². The van der Waals surface area contributed by atoms with Gasteiger partial charge >= 0.3 is 0 Å². The van der Waals surface area contributed by atoms with Crippen molar-refractivity contribution in [2.24, 2.45) is 0 Å². The summed E-state index contributed by atoms with van der Waals surface area (Å²) in [5, 5.41) is 14.3. The lowest BCUT2D eigenvalue weighted by Crippen LogP contribution is -2.19. The molecular weight excluding hydrogens is 216 g/mol. The van der Waals surface area contributed by atoms with E-state index in [0.29, 0.717) is 0 Å². The van der Waals surface area contributed by atoms with Gasteiger partial charge in [0.1, 0.15) is 5.76 Å². The number of aromatic nitrogens is 3. The standard InChI is InChI=1S/C12H18N4O/c1-7-11(6-14-15-7)5-13-8(2)12-9(3)16-17-10(12)4/h6,8,13H,5H2,1-4H3,(H,14,15). The third-order valence-electron chi connectivity index (χ3n) is 3.05. The molecule has 1 atom stereocenters. The van der Waals surface area contributed by atoms with E-state index < -0.39 is 0 Å². The minimum absolute atomic E-state index is 0.218. The van der Waals surface area contributed by atoms with Crippen molar-refractivity contribution in [1.29, 1.82) is 0 Å². The minimum Gasteiger partial charge on any atom is -0.361 e. The molecule has 0 aliphatic rings. The first-order chi connectivity index (χ1) is 8.09. The molecular formula is C12H18N4O. The third kappa shape index (κ3) is 2.39. The van der Waals surface area contributed by atoms with Gasteiger partial charge in [-0.2, -0.15) is 5.10 Å². The number of nitrogens with one attached hydrogen (secondary N) is 2. The molecule has 0 fully saturated rings. The first-order valence-corrected chi connectivity index (χ1v) is 5.74. The highest BCUT2D eigenvalue weighted by molar-refractivity contribution is 5.24. The average Bonchev–Trinajstić information content (AvgIpc) is 2.83. The zero-order valence-corrected chi connectivity index (χ0v) is 10.7. The van der Waals surface area contributed by atoms with Gasteiger partial charge in [-0.1, -0.05) is 5.16 Å². The van der Waals surface area contributed by atoms with E-state index in [0.717, 1.165) is 29.3 Å². The fraction of sp³-hybridized carbons (Fsp3) is 0.500. The summed E-state index contributed by atoms with van der Waals surface area (Å²) < 4.78 is 5.17. The molecule has 0 saturated carbocycles. The number of aromatic amines is 1. The van der Waals surface area contributed by atoms with Gasteiger partial charge in [-0.25, -0.2) is 0 Å². The molecule has 5 heteroatoms. The zero-order chi connectivity index (χ0) is 12.4. The molecule has 1 unspecified atom stereocenters. The number of nitrogens with zero attached hydrogens (tertiary/aromatic N) is 2. The molecule has 2 heterocycles. The molecule has 0 aliphatic heterocycles. The van der Waals surface area contributed by atoms with Crippen molar-refractivity contribution < 1.29 is 4.52 Å². The Morgan fingerprint density at radius 3 is 2.71 bits per heavy atom. The second-order valence-corrected chi connectivity index (χ2v) is 4.36. The largest absolute Gasteiger partial charge is 0.361 e. The summed E-state index contributed by atoms with van der Waals surface area (Å²) in [5.74, 6) is 0.881. The summed E-state index contributed by atoms with van der Waals surface area (Å²) in [6, 6.07) is 0.218. The molecule has 0 aliphatic carbocycles. The molecule has 0 radical (unpaired) electrons. The number of aryl methyl sites for hydroxylation is 3. The van der Waals surface area contributed by atoms with Crippen molar-refractivity contribution in [2.45, 2.75) is 40.3 Å². The van der Waals surface area contributed by atoms with Gasteiger partial charge in [-0.05, 0) is 27.7 Å². The SMILES string of the molecule is Cc1noc(C)c1C(C)NCc1cn[nH]c1C. The van der Waals surface area contributed by atoms with Crippen LogP contribution < -0.4 is 5.32 Å². The van der Waals surface area contributed by atoms with Gasteiger partial charge in [-0.3, -0.25) is 5.10 Å². The molecule has 0 amide bonds. The van der Waals surface area contributed by atoms with Crippen molar-refractivity contribution in [3.63, 3.8) is 0 Å². The Kier molecular flexibility index (Phi) is 3.28. The van der Waals surface area contributed by atoms with Crippen molar-refractivity contribution in [3.8, 4) is 0 Å². The smallest absolute Gasteiger partial charge is 0.138 e. The van der Waals surface area contributed by atoms with Gasteiger partial charge in [0.25, 0.3) is 0 Å². The molecule has 0 spiro atoms. The van der Waals surface area contributed by atoms with Gasteiger partial charge in [0.05, 0.1) is 11.9 Å². The fourth-order valence-electron chi connectivity index (χ4n) is 2.03. The summed E-state index contributed by atoms with van der Waals surface area (Å²) in [4.78, 5) is 0. The van der Waals surface area contributed by atoms with Gasteiger partial charge in [0, 0.05) is 29.4 Å². The molecule has 0 saturated heterocycles. The second-order valence-electron chi connectivity index (χ2n) is 4.36. The molecule has 0 bridgehead atoms. The van der Waals surface area contributed by atoms with Crippen molar-refractivity contribution in [1.82, 2.24) is 20.7 Å². The molecule has 17 heavy (non-hydrogen) atoms. The minimum atomic E-state index is 0.218. The summed E-state index contributed by atoms with van der Waals surface area (Å²) >= 11 is 0. The van der Waals surface area contributed by atoms with Crippen LogP contribution in [0.25, 0.3) is 0 Å². The lowest BCUT2D eigenvalue weighted by atomic mass is 10.1. The van der Waals surface area contributed by atoms with Crippen LogP contribution >= 0.6 is 0 Å². The van der Waals surface area contributed by atoms with E-state index in [1.165, 1.54) is 5.56 Å². The Hall–Kier alpha value is -1.62. The van der Waals surface area contributed by atoms with Crippen molar-refractivity contribution in [2.75, 3.05) is 0 Å². The molecule has 5 nitrogen and oxygen atoms in total. The van der Waals surface area contributed by atoms with E-state index in [4.69, 9.17) is 4.52 Å². The van der Waals surface area contributed by atoms with E-state index in [9.17, 15) is 0 Å². The Morgan fingerprint density at radius 1 is 1.41 bits per heavy atom. The zero-order valence-electron chi connectivity index (χ0n) is 10.7. The Morgan fingerprint density at radius 2 is 2.18 bits per heavy atom. The second kappa shape index (κ2) is 4.71. The van der Waals surface area contributed by atoms with E-state index in [-0.39, 0.29) is 6.04 Å². The maximum Gasteiger partial charge on any atom is 0.138 e. The van der Waals surface area contributed by atoms with Crippen LogP contribution in [0.2, 0.25) is 0 Å². The van der Waals surface area contributed by atoms with Crippen LogP contribution in [-0.2, 0) is 6.54 Å². The number of rotatable bonds is 4. The van der Waals surface area contributed by atoms with Crippen LogP contribution in [0.3, 0.4) is 0 Å². The summed E-state index contributed by atoms with van der Waals surface area (Å²) in [5.41, 5.74) is 4.38. The van der Waals surface area contributed by atoms with Crippen LogP contribution in [-0.4, -0.2) is 15.4 Å². The number of hydrogen-bond donors (Lipinski definition) is 2. The quantitative estimate of drug-likeness (QED) is 0.850. The predicted octanol–water partition coefficient (Wildman–Crippen LogP) is 2.17. The Bertz CT molecular complexity index is 481. The predicted molar refractivity (Wildman–Crippen MR) is 64.6 cm³/mol. The summed E-state index contributed by atoms with van der Waals surface area (Å²) in [7, 11) is 0. The molecule has 2 N–H and O–H groups in total. The average molecular weight is 234 g/mol. The maximum absolute atomic E-state index is 5.17. The van der Waals surface area contributed by atoms with Gasteiger partial charge < -0.3 is 9.84 Å². The molecule has 2 aromatic heterocycles. The normalized spacial score (nSPS) is 12.9. The van der Waals surface area contributed by atoms with E-state index in [2.05, 4.69) is 27.6 Å². The van der Waals surface area contributed by atoms with Crippen molar-refractivity contribution >= 4 is 0 Å². The van der Waals surface area contributed by atoms with E-state index in [1.54, 1.807) is 0 Å². The van der Waals surface area contributed by atoms with Crippen LogP contribution in [0, 0.1) is 20.8 Å². The van der Waals surface area contributed by atoms with E-state index in [1.807, 2.05) is 27.0 Å². The first kappa shape index (κ1) is 11.9. The molecule has 92 valence electrons. The van der Waals surface area contributed by atoms with Crippen molar-refractivity contribution in [3.05, 3.63) is 34.5 Å². The molecule has 0 aromatic carbocycles. The lowest BCUT2D eigenvalue weighted by molar-refractivity contribution is 0.390. The molecule has 2 aromatic rings. The summed E-state index contributed by atoms with van der Waals surface area (Å²) in [6.07, 6.45) is 1.85. The monoisotopic (exact) mass is 234 g/mol. The molecule has 2 rings (SSSR count). The van der Waals surface area contributed by atoms with Crippen LogP contribution in [0.5, 0.6) is 0 Å². The summed E-state index contributed by atoms with van der Waals surface area (Å²) in [6.45, 7) is 8.82. The van der Waals surface area contributed by atoms with Gasteiger partial charge in [-0.15, -0.1) is 0 Å². The fourth-order valence-corrected chi connectivity index (χ4v) is 2.03. The Balaban J connectivity index is 2.03. The highest BCUT2D eigenvalue weighted by atomic mass is 16.5. The highest BCUT2D eigenvalue weighted by Gasteiger charge is 2.16. The number of hydrogen-bond acceptors (Lipinski definition) is 4. The first-order valence-electron chi connectivity index (χ1n) is 5.74. The lowest BCUT2D eigenvalue weighted by Gasteiger charge is -2.13. The van der Waals surface area contributed by atoms with Gasteiger partial charge in [0.15, 0.2) is 0 Å². The van der Waals surface area contributed by atoms with Crippen LogP contribution in [0.4, 0.5) is 0 Å². The third-order valence-corrected chi connectivity index (χ3v) is 3.05. The van der Waals surface area contributed by atoms with Crippen LogP contribution in [0.1, 0.15) is 41.2 Å². The topological polar surface area (TPSA) is 66.7 Å². The maximum atomic E-state index is 5.17. The van der Waals surface area contributed by atoms with Crippen LogP contribution in [0.15, 0.2) is 10.7 Å².